The quantitative estimate of drug-likeness (QED) is 0.652. The van der Waals surface area contributed by atoms with E-state index in [2.05, 4.69) is 17.4 Å². The Morgan fingerprint density at radius 1 is 1.00 bits per heavy atom. The second kappa shape index (κ2) is 9.85. The van der Waals surface area contributed by atoms with Gasteiger partial charge in [-0.1, -0.05) is 62.4 Å². The topological polar surface area (TPSA) is 95.9 Å². The number of aliphatic carboxylic acids is 1. The van der Waals surface area contributed by atoms with Crippen LogP contribution in [0.4, 0.5) is 4.79 Å². The molecule has 1 aliphatic rings. The second-order valence-corrected chi connectivity index (χ2v) is 8.62. The lowest BCUT2D eigenvalue weighted by atomic mass is 9.98. The molecule has 0 saturated heterocycles. The Kier molecular flexibility index (Phi) is 7.18. The molecule has 0 radical (unpaired) electrons. The van der Waals surface area contributed by atoms with E-state index < -0.39 is 30.1 Å². The van der Waals surface area contributed by atoms with Crippen LogP contribution in [-0.2, 0) is 14.3 Å². The number of hydrogen-bond acceptors (Lipinski definition) is 4. The molecule has 3 rings (SSSR count). The first-order valence-corrected chi connectivity index (χ1v) is 10.8. The molecule has 170 valence electrons. The van der Waals surface area contributed by atoms with Crippen LogP contribution in [0.3, 0.4) is 0 Å². The minimum Gasteiger partial charge on any atom is -0.480 e. The average molecular weight is 439 g/mol. The number of amides is 2. The van der Waals surface area contributed by atoms with Gasteiger partial charge in [-0.2, -0.15) is 0 Å². The van der Waals surface area contributed by atoms with Crippen LogP contribution in [0.2, 0.25) is 0 Å². The van der Waals surface area contributed by atoms with Crippen molar-refractivity contribution in [2.45, 2.75) is 45.2 Å². The summed E-state index contributed by atoms with van der Waals surface area (Å²) >= 11 is 0. The van der Waals surface area contributed by atoms with Gasteiger partial charge >= 0.3 is 12.1 Å². The standard InChI is InChI=1S/C25H30N2O5/c1-15(2)13-22(23(28)27(4)16(3)24(29)30)26-25(31)32-14-21-19-11-7-5-9-17(19)18-10-6-8-12-20(18)21/h5-12,15-16,21-22H,13-14H2,1-4H3,(H,26,31)(H,29,30)/t16?,22-/m1/s1. The molecular formula is C25H30N2O5. The summed E-state index contributed by atoms with van der Waals surface area (Å²) in [4.78, 5) is 37.9. The smallest absolute Gasteiger partial charge is 0.407 e. The number of carbonyl (C=O) groups is 3. The van der Waals surface area contributed by atoms with Gasteiger partial charge in [0.05, 0.1) is 0 Å². The van der Waals surface area contributed by atoms with Crippen molar-refractivity contribution in [2.75, 3.05) is 13.7 Å². The number of nitrogens with zero attached hydrogens (tertiary/aromatic N) is 1. The van der Waals surface area contributed by atoms with Crippen LogP contribution in [0.15, 0.2) is 48.5 Å². The van der Waals surface area contributed by atoms with Gasteiger partial charge in [0, 0.05) is 13.0 Å². The number of nitrogens with one attached hydrogen (secondary N) is 1. The lowest BCUT2D eigenvalue weighted by Gasteiger charge is -2.28. The van der Waals surface area contributed by atoms with Crippen LogP contribution in [0, 0.1) is 5.92 Å². The molecule has 0 aliphatic heterocycles. The predicted octanol–water partition coefficient (Wildman–Crippen LogP) is 3.87. The van der Waals surface area contributed by atoms with Gasteiger partial charge in [0.2, 0.25) is 5.91 Å². The van der Waals surface area contributed by atoms with E-state index >= 15 is 0 Å². The molecule has 0 heterocycles. The molecule has 2 N–H and O–H groups in total. The zero-order valence-corrected chi connectivity index (χ0v) is 18.9. The summed E-state index contributed by atoms with van der Waals surface area (Å²) in [5, 5.41) is 11.9. The Bertz CT molecular complexity index is 958. The maximum Gasteiger partial charge on any atom is 0.407 e. The molecule has 2 aromatic rings. The van der Waals surface area contributed by atoms with Crippen molar-refractivity contribution in [3.63, 3.8) is 0 Å². The highest BCUT2D eigenvalue weighted by molar-refractivity contribution is 5.89. The highest BCUT2D eigenvalue weighted by Gasteiger charge is 2.32. The molecule has 0 saturated carbocycles. The molecule has 2 amide bonds. The van der Waals surface area contributed by atoms with Gasteiger partial charge in [0.25, 0.3) is 0 Å². The summed E-state index contributed by atoms with van der Waals surface area (Å²) in [6, 6.07) is 14.2. The molecule has 1 unspecified atom stereocenters. The molecular weight excluding hydrogens is 408 g/mol. The van der Waals surface area contributed by atoms with Gasteiger partial charge in [0.1, 0.15) is 18.7 Å². The monoisotopic (exact) mass is 438 g/mol. The summed E-state index contributed by atoms with van der Waals surface area (Å²) in [5.74, 6) is -1.53. The van der Waals surface area contributed by atoms with Crippen molar-refractivity contribution in [3.05, 3.63) is 59.7 Å². The zero-order chi connectivity index (χ0) is 23.4. The van der Waals surface area contributed by atoms with Crippen LogP contribution >= 0.6 is 0 Å². The number of carbonyl (C=O) groups excluding carboxylic acids is 2. The highest BCUT2D eigenvalue weighted by atomic mass is 16.5. The molecule has 7 nitrogen and oxygen atoms in total. The summed E-state index contributed by atoms with van der Waals surface area (Å²) in [5.41, 5.74) is 4.47. The summed E-state index contributed by atoms with van der Waals surface area (Å²) in [6.07, 6.45) is -0.318. The van der Waals surface area contributed by atoms with Crippen LogP contribution in [0.1, 0.15) is 44.2 Å². The van der Waals surface area contributed by atoms with Gasteiger partial charge < -0.3 is 20.1 Å². The number of likely N-dealkylation sites (N-methyl/N-ethyl adjacent to an activating group) is 1. The number of carboxylic acids is 1. The molecule has 2 atom stereocenters. The fourth-order valence-corrected chi connectivity index (χ4v) is 4.08. The number of carboxylic acid groups (broad SMARTS) is 1. The van der Waals surface area contributed by atoms with E-state index in [1.807, 2.05) is 50.2 Å². The molecule has 0 bridgehead atoms. The molecule has 7 heteroatoms. The second-order valence-electron chi connectivity index (χ2n) is 8.62. The highest BCUT2D eigenvalue weighted by Crippen LogP contribution is 2.44. The zero-order valence-electron chi connectivity index (χ0n) is 18.9. The molecule has 1 aliphatic carbocycles. The Labute approximate surface area is 188 Å². The van der Waals surface area contributed by atoms with Crippen molar-refractivity contribution >= 4 is 18.0 Å². The minimum absolute atomic E-state index is 0.0814. The van der Waals surface area contributed by atoms with Gasteiger partial charge in [0.15, 0.2) is 0 Å². The summed E-state index contributed by atoms with van der Waals surface area (Å²) < 4.78 is 5.55. The van der Waals surface area contributed by atoms with Crippen molar-refractivity contribution < 1.29 is 24.2 Å². The number of benzene rings is 2. The molecule has 2 aromatic carbocycles. The van der Waals surface area contributed by atoms with Crippen molar-refractivity contribution in [3.8, 4) is 11.1 Å². The Morgan fingerprint density at radius 2 is 1.53 bits per heavy atom. The van der Waals surface area contributed by atoms with E-state index in [-0.39, 0.29) is 18.4 Å². The van der Waals surface area contributed by atoms with Crippen LogP contribution in [0.5, 0.6) is 0 Å². The molecule has 32 heavy (non-hydrogen) atoms. The Hall–Kier alpha value is -3.35. The van der Waals surface area contributed by atoms with E-state index in [1.165, 1.54) is 14.0 Å². The number of fused-ring (bicyclic) bond motifs is 3. The number of ether oxygens (including phenoxy) is 1. The first-order chi connectivity index (χ1) is 15.2. The normalized spacial score (nSPS) is 14.3. The molecule has 0 fully saturated rings. The first-order valence-electron chi connectivity index (χ1n) is 10.8. The largest absolute Gasteiger partial charge is 0.480 e. The fourth-order valence-electron chi connectivity index (χ4n) is 4.08. The van der Waals surface area contributed by atoms with Crippen molar-refractivity contribution in [1.29, 1.82) is 0 Å². The summed E-state index contributed by atoms with van der Waals surface area (Å²) in [7, 11) is 1.42. The number of rotatable bonds is 8. The lowest BCUT2D eigenvalue weighted by Crippen LogP contribution is -2.52. The number of hydrogen-bond donors (Lipinski definition) is 2. The summed E-state index contributed by atoms with van der Waals surface area (Å²) in [6.45, 7) is 5.43. The van der Waals surface area contributed by atoms with Gasteiger partial charge in [-0.15, -0.1) is 0 Å². The maximum absolute atomic E-state index is 12.8. The average Bonchev–Trinajstić information content (AvgIpc) is 3.09. The van der Waals surface area contributed by atoms with Gasteiger partial charge in [-0.25, -0.2) is 9.59 Å². The van der Waals surface area contributed by atoms with Crippen molar-refractivity contribution in [1.82, 2.24) is 10.2 Å². The van der Waals surface area contributed by atoms with Crippen LogP contribution in [-0.4, -0.2) is 53.7 Å². The fraction of sp³-hybridized carbons (Fsp3) is 0.400. The Morgan fingerprint density at radius 3 is 2.03 bits per heavy atom. The third kappa shape index (κ3) is 4.93. The predicted molar refractivity (Wildman–Crippen MR) is 121 cm³/mol. The molecule has 0 aromatic heterocycles. The van der Waals surface area contributed by atoms with E-state index in [0.29, 0.717) is 6.42 Å². The lowest BCUT2D eigenvalue weighted by molar-refractivity contribution is -0.149. The van der Waals surface area contributed by atoms with E-state index in [0.717, 1.165) is 27.2 Å². The van der Waals surface area contributed by atoms with Crippen LogP contribution in [0.25, 0.3) is 11.1 Å². The minimum atomic E-state index is -1.11. The van der Waals surface area contributed by atoms with E-state index in [9.17, 15) is 19.5 Å². The third-order valence-corrected chi connectivity index (χ3v) is 5.93. The Balaban J connectivity index is 1.69. The van der Waals surface area contributed by atoms with Gasteiger partial charge in [-0.05, 0) is 41.5 Å². The first kappa shape index (κ1) is 23.3. The van der Waals surface area contributed by atoms with Gasteiger partial charge in [-0.3, -0.25) is 4.79 Å². The SMILES string of the molecule is CC(C)C[C@@H](NC(=O)OCC1c2ccccc2-c2ccccc21)C(=O)N(C)C(C)C(=O)O. The van der Waals surface area contributed by atoms with Crippen LogP contribution < -0.4 is 5.32 Å². The van der Waals surface area contributed by atoms with E-state index in [4.69, 9.17) is 4.74 Å². The van der Waals surface area contributed by atoms with Crippen molar-refractivity contribution in [2.24, 2.45) is 5.92 Å². The third-order valence-electron chi connectivity index (χ3n) is 5.93. The number of alkyl carbamates (subject to hydrolysis) is 1. The molecule has 0 spiro atoms. The maximum atomic E-state index is 12.8. The van der Waals surface area contributed by atoms with E-state index in [1.54, 1.807) is 0 Å².